The average molecular weight is 471 g/mol. The molecule has 0 saturated carbocycles. The van der Waals surface area contributed by atoms with Crippen molar-refractivity contribution >= 4 is 33.4 Å². The summed E-state index contributed by atoms with van der Waals surface area (Å²) in [4.78, 5) is 24.4. The van der Waals surface area contributed by atoms with Crippen LogP contribution in [-0.4, -0.2) is 20.2 Å². The summed E-state index contributed by atoms with van der Waals surface area (Å²) < 4.78 is 27.2. The third-order valence-electron chi connectivity index (χ3n) is 4.79. The summed E-state index contributed by atoms with van der Waals surface area (Å²) in [6.45, 7) is 4.22. The second-order valence-electron chi connectivity index (χ2n) is 7.50. The van der Waals surface area contributed by atoms with E-state index in [9.17, 15) is 18.0 Å². The fourth-order valence-corrected chi connectivity index (χ4v) is 4.51. The van der Waals surface area contributed by atoms with Crippen molar-refractivity contribution in [1.82, 2.24) is 10.0 Å². The molecule has 0 aromatic heterocycles. The van der Waals surface area contributed by atoms with E-state index in [-0.39, 0.29) is 27.8 Å². The summed E-state index contributed by atoms with van der Waals surface area (Å²) in [5, 5.41) is 2.62. The lowest BCUT2D eigenvalue weighted by Crippen LogP contribution is -2.32. The van der Waals surface area contributed by atoms with Gasteiger partial charge in [0.1, 0.15) is 4.90 Å². The van der Waals surface area contributed by atoms with Crippen LogP contribution in [0.15, 0.2) is 71.6 Å². The van der Waals surface area contributed by atoms with Gasteiger partial charge < -0.3 is 5.32 Å². The number of hydrogen-bond acceptors (Lipinski definition) is 4. The number of halogens is 1. The molecule has 3 aromatic rings. The molecule has 0 fully saturated rings. The van der Waals surface area contributed by atoms with Gasteiger partial charge in [0.2, 0.25) is 5.91 Å². The van der Waals surface area contributed by atoms with Crippen molar-refractivity contribution in [3.8, 4) is 0 Å². The first-order valence-electron chi connectivity index (χ1n) is 9.88. The molecule has 2 N–H and O–H groups in total. The summed E-state index contributed by atoms with van der Waals surface area (Å²) in [6.07, 6.45) is -0.0867. The summed E-state index contributed by atoms with van der Waals surface area (Å²) in [5.41, 5.74) is 4.00. The molecule has 6 nitrogen and oxygen atoms in total. The number of carbonyl (C=O) groups excluding carboxylic acids is 2. The van der Waals surface area contributed by atoms with Gasteiger partial charge in [-0.2, -0.15) is 0 Å². The minimum atomic E-state index is -4.18. The minimum Gasteiger partial charge on any atom is -0.348 e. The first kappa shape index (κ1) is 23.5. The van der Waals surface area contributed by atoms with Crippen molar-refractivity contribution in [2.75, 3.05) is 0 Å². The van der Waals surface area contributed by atoms with E-state index in [0.717, 1.165) is 16.7 Å². The van der Waals surface area contributed by atoms with E-state index in [2.05, 4.69) is 5.32 Å². The summed E-state index contributed by atoms with van der Waals surface area (Å²) in [7, 11) is -4.18. The van der Waals surface area contributed by atoms with E-state index < -0.39 is 15.9 Å². The lowest BCUT2D eigenvalue weighted by Gasteiger charge is -2.11. The van der Waals surface area contributed by atoms with E-state index in [4.69, 9.17) is 11.6 Å². The van der Waals surface area contributed by atoms with E-state index in [1.807, 2.05) is 55.0 Å². The molecule has 2 amide bonds. The van der Waals surface area contributed by atoms with Gasteiger partial charge in [-0.25, -0.2) is 13.1 Å². The molecule has 0 aliphatic heterocycles. The fourth-order valence-electron chi connectivity index (χ4n) is 2.98. The number of rotatable bonds is 7. The van der Waals surface area contributed by atoms with Crippen LogP contribution >= 0.6 is 11.6 Å². The van der Waals surface area contributed by atoms with Crippen LogP contribution in [-0.2, 0) is 27.8 Å². The Kier molecular flexibility index (Phi) is 7.33. The molecule has 0 unspecified atom stereocenters. The SMILES string of the molecule is Cc1ccc(CNC(=O)c2ccc(S(=O)(=O)NC(=O)Cc3ccc(C)cc3)c(Cl)c2)cc1. The molecule has 3 aromatic carbocycles. The maximum Gasteiger partial charge on any atom is 0.265 e. The van der Waals surface area contributed by atoms with Gasteiger partial charge in [0, 0.05) is 12.1 Å². The minimum absolute atomic E-state index is 0.0867. The predicted octanol–water partition coefficient (Wildman–Crippen LogP) is 3.93. The Bertz CT molecular complexity index is 1240. The Morgan fingerprint density at radius 3 is 1.97 bits per heavy atom. The molecule has 8 heteroatoms. The highest BCUT2D eigenvalue weighted by Crippen LogP contribution is 2.23. The Balaban J connectivity index is 1.65. The van der Waals surface area contributed by atoms with E-state index >= 15 is 0 Å². The summed E-state index contributed by atoms with van der Waals surface area (Å²) in [6, 6.07) is 18.8. The van der Waals surface area contributed by atoms with Crippen LogP contribution in [0, 0.1) is 13.8 Å². The zero-order valence-electron chi connectivity index (χ0n) is 17.7. The van der Waals surface area contributed by atoms with Crippen LogP contribution in [0.5, 0.6) is 0 Å². The van der Waals surface area contributed by atoms with Crippen molar-refractivity contribution in [3.05, 3.63) is 99.6 Å². The first-order chi connectivity index (χ1) is 15.1. The van der Waals surface area contributed by atoms with Crippen molar-refractivity contribution in [1.29, 1.82) is 0 Å². The molecule has 0 bridgehead atoms. The van der Waals surface area contributed by atoms with Gasteiger partial charge in [0.15, 0.2) is 0 Å². The maximum absolute atomic E-state index is 12.6. The predicted molar refractivity (Wildman–Crippen MR) is 124 cm³/mol. The van der Waals surface area contributed by atoms with Gasteiger partial charge in [-0.3, -0.25) is 9.59 Å². The van der Waals surface area contributed by atoms with Crippen LogP contribution in [0.3, 0.4) is 0 Å². The van der Waals surface area contributed by atoms with Gasteiger partial charge in [0.05, 0.1) is 11.4 Å². The zero-order chi connectivity index (χ0) is 23.3. The second-order valence-corrected chi connectivity index (χ2v) is 9.56. The summed E-state index contributed by atoms with van der Waals surface area (Å²) in [5.74, 6) is -1.07. The van der Waals surface area contributed by atoms with Crippen LogP contribution < -0.4 is 10.0 Å². The number of nitrogens with one attached hydrogen (secondary N) is 2. The number of amides is 2. The van der Waals surface area contributed by atoms with E-state index in [0.29, 0.717) is 12.1 Å². The third-order valence-corrected chi connectivity index (χ3v) is 6.65. The number of aryl methyl sites for hydroxylation is 2. The van der Waals surface area contributed by atoms with Crippen molar-refractivity contribution in [2.45, 2.75) is 31.7 Å². The molecule has 0 atom stereocenters. The summed E-state index contributed by atoms with van der Waals surface area (Å²) >= 11 is 6.14. The van der Waals surface area contributed by atoms with Gasteiger partial charge in [0.25, 0.3) is 15.9 Å². The Morgan fingerprint density at radius 2 is 1.41 bits per heavy atom. The molecule has 0 saturated heterocycles. The lowest BCUT2D eigenvalue weighted by atomic mass is 10.1. The Morgan fingerprint density at radius 1 is 0.844 bits per heavy atom. The molecule has 3 rings (SSSR count). The molecule has 32 heavy (non-hydrogen) atoms. The zero-order valence-corrected chi connectivity index (χ0v) is 19.3. The quantitative estimate of drug-likeness (QED) is 0.547. The molecule has 0 aliphatic carbocycles. The third kappa shape index (κ3) is 6.18. The number of hydrogen-bond donors (Lipinski definition) is 2. The fraction of sp³-hybridized carbons (Fsp3) is 0.167. The van der Waals surface area contributed by atoms with Crippen molar-refractivity contribution in [2.24, 2.45) is 0 Å². The molecule has 0 heterocycles. The van der Waals surface area contributed by atoms with Gasteiger partial charge in [-0.05, 0) is 43.2 Å². The van der Waals surface area contributed by atoms with Crippen molar-refractivity contribution in [3.63, 3.8) is 0 Å². The molecule has 166 valence electrons. The van der Waals surface area contributed by atoms with E-state index in [1.165, 1.54) is 18.2 Å². The molecule has 0 radical (unpaired) electrons. The molecular weight excluding hydrogens is 448 g/mol. The molecule has 0 spiro atoms. The topological polar surface area (TPSA) is 92.3 Å². The lowest BCUT2D eigenvalue weighted by molar-refractivity contribution is -0.118. The first-order valence-corrected chi connectivity index (χ1v) is 11.7. The monoisotopic (exact) mass is 470 g/mol. The highest BCUT2D eigenvalue weighted by molar-refractivity contribution is 7.90. The van der Waals surface area contributed by atoms with Gasteiger partial charge in [-0.15, -0.1) is 0 Å². The van der Waals surface area contributed by atoms with Crippen LogP contribution in [0.4, 0.5) is 0 Å². The van der Waals surface area contributed by atoms with Crippen LogP contribution in [0.25, 0.3) is 0 Å². The average Bonchev–Trinajstić information content (AvgIpc) is 2.74. The van der Waals surface area contributed by atoms with E-state index in [1.54, 1.807) is 12.1 Å². The van der Waals surface area contributed by atoms with Gasteiger partial charge >= 0.3 is 0 Å². The van der Waals surface area contributed by atoms with Crippen LogP contribution in [0.1, 0.15) is 32.6 Å². The Labute approximate surface area is 192 Å². The highest BCUT2D eigenvalue weighted by Gasteiger charge is 2.22. The van der Waals surface area contributed by atoms with Crippen molar-refractivity contribution < 1.29 is 18.0 Å². The number of carbonyl (C=O) groups is 2. The standard InChI is InChI=1S/C24H23ClN2O4S/c1-16-3-7-18(8-4-16)13-23(28)27-32(30,31)22-12-11-20(14-21(22)25)24(29)26-15-19-9-5-17(2)6-10-19/h3-12,14H,13,15H2,1-2H3,(H,26,29)(H,27,28). The number of benzene rings is 3. The smallest absolute Gasteiger partial charge is 0.265 e. The molecular formula is C24H23ClN2O4S. The van der Waals surface area contributed by atoms with Crippen LogP contribution in [0.2, 0.25) is 5.02 Å². The second kappa shape index (κ2) is 9.97. The Hall–Kier alpha value is -3.16. The number of sulfonamides is 1. The highest BCUT2D eigenvalue weighted by atomic mass is 35.5. The van der Waals surface area contributed by atoms with Gasteiger partial charge in [-0.1, -0.05) is 71.3 Å². The molecule has 0 aliphatic rings. The normalized spacial score (nSPS) is 11.1. The largest absolute Gasteiger partial charge is 0.348 e. The maximum atomic E-state index is 12.6.